The summed E-state index contributed by atoms with van der Waals surface area (Å²) in [6.07, 6.45) is -0.721. The summed E-state index contributed by atoms with van der Waals surface area (Å²) in [7, 11) is 2.43. The lowest BCUT2D eigenvalue weighted by Gasteiger charge is -2.10. The van der Waals surface area contributed by atoms with Crippen molar-refractivity contribution in [3.63, 3.8) is 0 Å². The Morgan fingerprint density at radius 1 is 0.880 bits per heavy atom. The van der Waals surface area contributed by atoms with Crippen molar-refractivity contribution in [2.24, 2.45) is 0 Å². The molecule has 0 aromatic heterocycles. The molecule has 0 radical (unpaired) electrons. The first kappa shape index (κ1) is 18.0. The van der Waals surface area contributed by atoms with Crippen LogP contribution in [0.1, 0.15) is 26.3 Å². The highest BCUT2D eigenvalue weighted by atomic mass is 16.5. The quantitative estimate of drug-likeness (QED) is 0.663. The van der Waals surface area contributed by atoms with Crippen LogP contribution < -0.4 is 5.32 Å². The number of anilines is 1. The molecule has 0 saturated carbocycles. The van der Waals surface area contributed by atoms with Crippen LogP contribution in [0.2, 0.25) is 0 Å². The van der Waals surface area contributed by atoms with Gasteiger partial charge in [-0.25, -0.2) is 14.4 Å². The molecular formula is C18H17NO6. The number of rotatable bonds is 5. The average Bonchev–Trinajstić information content (AvgIpc) is 2.65. The average molecular weight is 343 g/mol. The molecule has 1 amide bonds. The first-order valence-electron chi connectivity index (χ1n) is 7.33. The Balaban J connectivity index is 2.12. The van der Waals surface area contributed by atoms with E-state index in [1.807, 2.05) is 30.3 Å². The predicted molar refractivity (Wildman–Crippen MR) is 89.4 cm³/mol. The Bertz CT molecular complexity index is 738. The van der Waals surface area contributed by atoms with Gasteiger partial charge in [-0.05, 0) is 23.8 Å². The van der Waals surface area contributed by atoms with Gasteiger partial charge in [-0.2, -0.15) is 0 Å². The lowest BCUT2D eigenvalue weighted by atomic mass is 10.1. The zero-order chi connectivity index (χ0) is 18.2. The largest absolute Gasteiger partial charge is 0.465 e. The van der Waals surface area contributed by atoms with E-state index in [2.05, 4.69) is 14.8 Å². The molecule has 0 aliphatic carbocycles. The highest BCUT2D eigenvalue weighted by molar-refractivity contribution is 5.98. The van der Waals surface area contributed by atoms with Gasteiger partial charge in [0.05, 0.1) is 25.3 Å². The van der Waals surface area contributed by atoms with Crippen molar-refractivity contribution < 1.29 is 28.6 Å². The van der Waals surface area contributed by atoms with Crippen LogP contribution in [0.25, 0.3) is 0 Å². The monoisotopic (exact) mass is 343 g/mol. The van der Waals surface area contributed by atoms with Crippen LogP contribution in [0.4, 0.5) is 10.5 Å². The van der Waals surface area contributed by atoms with Crippen molar-refractivity contribution in [3.8, 4) is 0 Å². The van der Waals surface area contributed by atoms with Gasteiger partial charge >= 0.3 is 18.0 Å². The number of esters is 2. The van der Waals surface area contributed by atoms with Crippen molar-refractivity contribution >= 4 is 23.7 Å². The fourth-order valence-electron chi connectivity index (χ4n) is 2.05. The third-order valence-corrected chi connectivity index (χ3v) is 3.23. The SMILES string of the molecule is COC(=O)c1cc(NC(=O)OCc2ccccc2)cc(C(=O)OC)c1. The maximum Gasteiger partial charge on any atom is 0.411 e. The Hall–Kier alpha value is -3.35. The molecule has 0 atom stereocenters. The number of hydrogen-bond acceptors (Lipinski definition) is 6. The van der Waals surface area contributed by atoms with E-state index in [1.54, 1.807) is 0 Å². The summed E-state index contributed by atoms with van der Waals surface area (Å²) in [6, 6.07) is 13.2. The maximum atomic E-state index is 11.9. The molecule has 0 bridgehead atoms. The fraction of sp³-hybridized carbons (Fsp3) is 0.167. The molecule has 0 saturated heterocycles. The van der Waals surface area contributed by atoms with E-state index >= 15 is 0 Å². The van der Waals surface area contributed by atoms with E-state index in [4.69, 9.17) is 4.74 Å². The van der Waals surface area contributed by atoms with Gasteiger partial charge in [0.15, 0.2) is 0 Å². The van der Waals surface area contributed by atoms with Crippen molar-refractivity contribution in [1.29, 1.82) is 0 Å². The van der Waals surface area contributed by atoms with Crippen LogP contribution in [0.3, 0.4) is 0 Å². The Labute approximate surface area is 144 Å². The maximum absolute atomic E-state index is 11.9. The number of hydrogen-bond donors (Lipinski definition) is 1. The van der Waals surface area contributed by atoms with Crippen LogP contribution in [0, 0.1) is 0 Å². The molecule has 1 N–H and O–H groups in total. The standard InChI is InChI=1S/C18H17NO6/c1-23-16(20)13-8-14(17(21)24-2)10-15(9-13)19-18(22)25-11-12-6-4-3-5-7-12/h3-10H,11H2,1-2H3,(H,19,22). The minimum Gasteiger partial charge on any atom is -0.465 e. The van der Waals surface area contributed by atoms with E-state index < -0.39 is 18.0 Å². The zero-order valence-corrected chi connectivity index (χ0v) is 13.8. The van der Waals surface area contributed by atoms with E-state index in [9.17, 15) is 14.4 Å². The first-order valence-corrected chi connectivity index (χ1v) is 7.33. The minimum atomic E-state index is -0.721. The molecule has 0 aliphatic rings. The molecule has 2 rings (SSSR count). The summed E-state index contributed by atoms with van der Waals surface area (Å²) in [5, 5.41) is 2.47. The third kappa shape index (κ3) is 5.07. The van der Waals surface area contributed by atoms with Crippen LogP contribution in [0.15, 0.2) is 48.5 Å². The lowest BCUT2D eigenvalue weighted by molar-refractivity contribution is 0.0599. The highest BCUT2D eigenvalue weighted by Crippen LogP contribution is 2.17. The number of benzene rings is 2. The summed E-state index contributed by atoms with van der Waals surface area (Å²) < 4.78 is 14.4. The smallest absolute Gasteiger partial charge is 0.411 e. The molecule has 0 fully saturated rings. The normalized spacial score (nSPS) is 9.84. The number of nitrogens with one attached hydrogen (secondary N) is 1. The Morgan fingerprint density at radius 3 is 1.96 bits per heavy atom. The van der Waals surface area contributed by atoms with Crippen LogP contribution >= 0.6 is 0 Å². The summed E-state index contributed by atoms with van der Waals surface area (Å²) >= 11 is 0. The van der Waals surface area contributed by atoms with Crippen LogP contribution in [-0.2, 0) is 20.8 Å². The van der Waals surface area contributed by atoms with E-state index in [0.29, 0.717) is 0 Å². The summed E-state index contributed by atoms with van der Waals surface area (Å²) in [6.45, 7) is 0.0905. The number of carbonyl (C=O) groups is 3. The van der Waals surface area contributed by atoms with Gasteiger partial charge in [-0.1, -0.05) is 30.3 Å². The third-order valence-electron chi connectivity index (χ3n) is 3.23. The summed E-state index contributed by atoms with van der Waals surface area (Å²) in [5.41, 5.74) is 1.24. The molecule has 7 heteroatoms. The molecular weight excluding hydrogens is 326 g/mol. The summed E-state index contributed by atoms with van der Waals surface area (Å²) in [4.78, 5) is 35.3. The van der Waals surface area contributed by atoms with Crippen molar-refractivity contribution in [2.45, 2.75) is 6.61 Å². The zero-order valence-electron chi connectivity index (χ0n) is 13.8. The fourth-order valence-corrected chi connectivity index (χ4v) is 2.05. The highest BCUT2D eigenvalue weighted by Gasteiger charge is 2.15. The first-order chi connectivity index (χ1) is 12.0. The van der Waals surface area contributed by atoms with E-state index in [0.717, 1.165) is 5.56 Å². The minimum absolute atomic E-state index is 0.0905. The van der Waals surface area contributed by atoms with E-state index in [1.165, 1.54) is 32.4 Å². The number of amides is 1. The molecule has 130 valence electrons. The van der Waals surface area contributed by atoms with Crippen molar-refractivity contribution in [2.75, 3.05) is 19.5 Å². The van der Waals surface area contributed by atoms with Gasteiger partial charge in [0, 0.05) is 5.69 Å². The van der Waals surface area contributed by atoms with Crippen LogP contribution in [0.5, 0.6) is 0 Å². The molecule has 25 heavy (non-hydrogen) atoms. The molecule has 0 heterocycles. The molecule has 2 aromatic rings. The van der Waals surface area contributed by atoms with Gasteiger partial charge < -0.3 is 14.2 Å². The Kier molecular flexibility index (Phi) is 6.11. The second-order valence-corrected chi connectivity index (χ2v) is 4.97. The van der Waals surface area contributed by atoms with Gasteiger partial charge in [-0.15, -0.1) is 0 Å². The van der Waals surface area contributed by atoms with Crippen molar-refractivity contribution in [1.82, 2.24) is 0 Å². The lowest BCUT2D eigenvalue weighted by Crippen LogP contribution is -2.15. The predicted octanol–water partition coefficient (Wildman–Crippen LogP) is 3.01. The van der Waals surface area contributed by atoms with Gasteiger partial charge in [0.1, 0.15) is 6.61 Å². The summed E-state index contributed by atoms with van der Waals surface area (Å²) in [5.74, 6) is -1.29. The molecule has 0 spiro atoms. The number of carbonyl (C=O) groups excluding carboxylic acids is 3. The Morgan fingerprint density at radius 2 is 1.44 bits per heavy atom. The molecule has 0 unspecified atom stereocenters. The van der Waals surface area contributed by atoms with Crippen molar-refractivity contribution in [3.05, 3.63) is 65.2 Å². The van der Waals surface area contributed by atoms with E-state index in [-0.39, 0.29) is 23.4 Å². The number of methoxy groups -OCH3 is 2. The second kappa shape index (κ2) is 8.49. The van der Waals surface area contributed by atoms with Crippen LogP contribution in [-0.4, -0.2) is 32.3 Å². The number of ether oxygens (including phenoxy) is 3. The van der Waals surface area contributed by atoms with Gasteiger partial charge in [0.2, 0.25) is 0 Å². The molecule has 7 nitrogen and oxygen atoms in total. The second-order valence-electron chi connectivity index (χ2n) is 4.97. The topological polar surface area (TPSA) is 90.9 Å². The van der Waals surface area contributed by atoms with Gasteiger partial charge in [0.25, 0.3) is 0 Å². The van der Waals surface area contributed by atoms with Gasteiger partial charge in [-0.3, -0.25) is 5.32 Å². The molecule has 2 aromatic carbocycles. The molecule has 0 aliphatic heterocycles.